The van der Waals surface area contributed by atoms with E-state index in [1.165, 1.54) is 11.8 Å². The second-order valence-electron chi connectivity index (χ2n) is 11.9. The number of ether oxygens (including phenoxy) is 1. The van der Waals surface area contributed by atoms with Crippen molar-refractivity contribution in [3.8, 4) is 28.6 Å². The van der Waals surface area contributed by atoms with E-state index >= 15 is 0 Å². The van der Waals surface area contributed by atoms with Gasteiger partial charge in [0.2, 0.25) is 0 Å². The fraction of sp³-hybridized carbons (Fsp3) is 0.312. The molecule has 42 heavy (non-hydrogen) atoms. The summed E-state index contributed by atoms with van der Waals surface area (Å²) in [6, 6.07) is 18.7. The van der Waals surface area contributed by atoms with Crippen LogP contribution < -0.4 is 10.2 Å². The van der Waals surface area contributed by atoms with E-state index in [9.17, 15) is 9.90 Å². The topological polar surface area (TPSA) is 102 Å². The van der Waals surface area contributed by atoms with Crippen LogP contribution in [-0.4, -0.2) is 44.9 Å². The monoisotopic (exact) mass is 605 g/mol. The lowest BCUT2D eigenvalue weighted by Crippen LogP contribution is -2.20. The highest BCUT2D eigenvalue weighted by molar-refractivity contribution is 7.99. The first-order valence-corrected chi connectivity index (χ1v) is 14.8. The van der Waals surface area contributed by atoms with E-state index < -0.39 is 0 Å². The van der Waals surface area contributed by atoms with Crippen LogP contribution in [0.1, 0.15) is 58.2 Å². The third kappa shape index (κ3) is 7.33. The molecule has 1 aromatic heterocycles. The van der Waals surface area contributed by atoms with E-state index in [0.717, 1.165) is 33.7 Å². The first-order chi connectivity index (χ1) is 19.8. The van der Waals surface area contributed by atoms with Crippen molar-refractivity contribution < 1.29 is 14.6 Å². The zero-order valence-electron chi connectivity index (χ0n) is 24.9. The van der Waals surface area contributed by atoms with Crippen molar-refractivity contribution in [2.24, 2.45) is 5.10 Å². The van der Waals surface area contributed by atoms with Crippen molar-refractivity contribution in [1.82, 2.24) is 20.2 Å². The van der Waals surface area contributed by atoms with Crippen molar-refractivity contribution >= 4 is 35.5 Å². The molecular weight excluding hydrogens is 570 g/mol. The maximum atomic E-state index is 12.8. The van der Waals surface area contributed by atoms with Crippen molar-refractivity contribution in [2.45, 2.75) is 57.5 Å². The number of amides is 1. The summed E-state index contributed by atoms with van der Waals surface area (Å²) >= 11 is 7.38. The van der Waals surface area contributed by atoms with Gasteiger partial charge in [0.15, 0.2) is 11.0 Å². The molecule has 0 saturated heterocycles. The molecule has 10 heteroatoms. The Hall–Kier alpha value is -3.82. The maximum absolute atomic E-state index is 12.8. The summed E-state index contributed by atoms with van der Waals surface area (Å²) in [7, 11) is 1.62. The number of carbonyl (C=O) groups is 1. The van der Waals surface area contributed by atoms with Gasteiger partial charge in [0.05, 0.1) is 19.1 Å². The molecule has 1 amide bonds. The quantitative estimate of drug-likeness (QED) is 0.126. The van der Waals surface area contributed by atoms with Gasteiger partial charge in [0, 0.05) is 27.4 Å². The molecule has 1 heterocycles. The Kier molecular flexibility index (Phi) is 9.33. The summed E-state index contributed by atoms with van der Waals surface area (Å²) in [4.78, 5) is 12.8. The summed E-state index contributed by atoms with van der Waals surface area (Å²) < 4.78 is 7.17. The standard InChI is InChI=1S/C32H36ClN5O3S/c1-31(2,3)25-16-20(17-26(28(25)40)32(4,5)6)18-34-35-27(39)19-42-30-37-36-29(21-8-14-24(41-7)15-9-21)38(30)23-12-10-22(33)11-13-23/h8-18,40H,19H2,1-7H3,(H,35,39). The number of aromatic hydroxyl groups is 1. The number of hydrogen-bond donors (Lipinski definition) is 2. The molecule has 0 fully saturated rings. The molecule has 0 atom stereocenters. The van der Waals surface area contributed by atoms with E-state index in [-0.39, 0.29) is 22.5 Å². The second-order valence-corrected chi connectivity index (χ2v) is 13.3. The fourth-order valence-corrected chi connectivity index (χ4v) is 5.20. The van der Waals surface area contributed by atoms with Crippen molar-refractivity contribution in [1.29, 1.82) is 0 Å². The van der Waals surface area contributed by atoms with Gasteiger partial charge in [-0.3, -0.25) is 9.36 Å². The van der Waals surface area contributed by atoms with Crippen LogP contribution in [0.3, 0.4) is 0 Å². The number of methoxy groups -OCH3 is 1. The van der Waals surface area contributed by atoms with Crippen LogP contribution in [0.25, 0.3) is 17.1 Å². The number of phenols is 1. The zero-order valence-corrected chi connectivity index (χ0v) is 26.5. The number of hydrazone groups is 1. The summed E-state index contributed by atoms with van der Waals surface area (Å²) in [6.07, 6.45) is 1.60. The molecular formula is C32H36ClN5O3S. The number of rotatable bonds is 8. The Morgan fingerprint density at radius 1 is 1.00 bits per heavy atom. The second kappa shape index (κ2) is 12.6. The van der Waals surface area contributed by atoms with Crippen LogP contribution in [0.4, 0.5) is 0 Å². The summed E-state index contributed by atoms with van der Waals surface area (Å²) in [5.74, 6) is 1.43. The molecule has 0 saturated carbocycles. The van der Waals surface area contributed by atoms with E-state index in [2.05, 4.69) is 62.3 Å². The van der Waals surface area contributed by atoms with E-state index in [0.29, 0.717) is 21.8 Å². The number of nitrogens with one attached hydrogen (secondary N) is 1. The van der Waals surface area contributed by atoms with Crippen molar-refractivity contribution in [2.75, 3.05) is 12.9 Å². The Morgan fingerprint density at radius 2 is 1.60 bits per heavy atom. The molecule has 0 radical (unpaired) electrons. The van der Waals surface area contributed by atoms with Crippen LogP contribution in [0.5, 0.6) is 11.5 Å². The number of hydrogen-bond acceptors (Lipinski definition) is 7. The molecule has 8 nitrogen and oxygen atoms in total. The minimum absolute atomic E-state index is 0.0712. The number of carbonyl (C=O) groups excluding carboxylic acids is 1. The average molecular weight is 606 g/mol. The summed E-state index contributed by atoms with van der Waals surface area (Å²) in [6.45, 7) is 12.3. The molecule has 4 rings (SSSR count). The molecule has 0 aliphatic carbocycles. The van der Waals surface area contributed by atoms with Crippen molar-refractivity contribution in [3.05, 3.63) is 82.4 Å². The minimum Gasteiger partial charge on any atom is -0.507 e. The van der Waals surface area contributed by atoms with Gasteiger partial charge in [-0.15, -0.1) is 10.2 Å². The number of thioether (sulfide) groups is 1. The van der Waals surface area contributed by atoms with Gasteiger partial charge in [-0.05, 0) is 77.1 Å². The van der Waals surface area contributed by atoms with E-state index in [1.54, 1.807) is 25.5 Å². The largest absolute Gasteiger partial charge is 0.507 e. The van der Waals surface area contributed by atoms with Crippen LogP contribution in [-0.2, 0) is 15.6 Å². The number of benzene rings is 3. The number of nitrogens with zero attached hydrogens (tertiary/aromatic N) is 4. The normalized spacial score (nSPS) is 12.1. The van der Waals surface area contributed by atoms with Gasteiger partial charge >= 0.3 is 0 Å². The fourth-order valence-electron chi connectivity index (χ4n) is 4.33. The van der Waals surface area contributed by atoms with Crippen LogP contribution in [0, 0.1) is 0 Å². The SMILES string of the molecule is COc1ccc(-c2nnc(SCC(=O)NN=Cc3cc(C(C)(C)C)c(O)c(C(C)(C)C)c3)n2-c2ccc(Cl)cc2)cc1. The molecule has 0 unspecified atom stereocenters. The third-order valence-electron chi connectivity index (χ3n) is 6.55. The maximum Gasteiger partial charge on any atom is 0.250 e. The Balaban J connectivity index is 1.53. The van der Waals surface area contributed by atoms with Gasteiger partial charge in [-0.25, -0.2) is 5.43 Å². The minimum atomic E-state index is -0.293. The Labute approximate surface area is 256 Å². The predicted octanol–water partition coefficient (Wildman–Crippen LogP) is 7.14. The van der Waals surface area contributed by atoms with Gasteiger partial charge in [0.25, 0.3) is 5.91 Å². The van der Waals surface area contributed by atoms with E-state index in [4.69, 9.17) is 16.3 Å². The highest BCUT2D eigenvalue weighted by Crippen LogP contribution is 2.39. The predicted molar refractivity (Wildman–Crippen MR) is 170 cm³/mol. The van der Waals surface area contributed by atoms with E-state index in [1.807, 2.05) is 53.1 Å². The Bertz CT molecular complexity index is 1550. The molecule has 2 N–H and O–H groups in total. The van der Waals surface area contributed by atoms with Crippen LogP contribution in [0.15, 0.2) is 70.9 Å². The zero-order chi connectivity index (χ0) is 30.7. The Morgan fingerprint density at radius 3 is 2.14 bits per heavy atom. The lowest BCUT2D eigenvalue weighted by atomic mass is 9.78. The highest BCUT2D eigenvalue weighted by atomic mass is 35.5. The molecule has 0 spiro atoms. The third-order valence-corrected chi connectivity index (χ3v) is 7.73. The molecule has 4 aromatic rings. The van der Waals surface area contributed by atoms with Gasteiger partial charge in [-0.1, -0.05) is 64.9 Å². The first-order valence-electron chi connectivity index (χ1n) is 13.5. The molecule has 0 aliphatic rings. The molecule has 3 aromatic carbocycles. The summed E-state index contributed by atoms with van der Waals surface area (Å²) in [5.41, 5.74) is 6.18. The first kappa shape index (κ1) is 31.1. The van der Waals surface area contributed by atoms with Gasteiger partial charge in [0.1, 0.15) is 11.5 Å². The van der Waals surface area contributed by atoms with Crippen LogP contribution in [0.2, 0.25) is 5.02 Å². The highest BCUT2D eigenvalue weighted by Gasteiger charge is 2.26. The number of halogens is 1. The molecule has 0 aliphatic heterocycles. The van der Waals surface area contributed by atoms with Gasteiger partial charge in [-0.2, -0.15) is 5.10 Å². The average Bonchev–Trinajstić information content (AvgIpc) is 3.35. The lowest BCUT2D eigenvalue weighted by Gasteiger charge is -2.27. The molecule has 220 valence electrons. The van der Waals surface area contributed by atoms with Crippen LogP contribution >= 0.6 is 23.4 Å². The summed E-state index contributed by atoms with van der Waals surface area (Å²) in [5, 5.41) is 25.1. The van der Waals surface area contributed by atoms with Gasteiger partial charge < -0.3 is 9.84 Å². The van der Waals surface area contributed by atoms with Crippen molar-refractivity contribution in [3.63, 3.8) is 0 Å². The smallest absolute Gasteiger partial charge is 0.250 e. The lowest BCUT2D eigenvalue weighted by molar-refractivity contribution is -0.118. The number of aromatic nitrogens is 3. The molecule has 0 bridgehead atoms. The number of phenolic OH excluding ortho intramolecular Hbond substituents is 1.